The normalized spacial score (nSPS) is 12.1. The van der Waals surface area contributed by atoms with E-state index in [1.54, 1.807) is 11.3 Å². The molecule has 1 unspecified atom stereocenters. The highest BCUT2D eigenvalue weighted by Gasteiger charge is 2.15. The molecule has 0 aliphatic heterocycles. The van der Waals surface area contributed by atoms with E-state index in [0.717, 1.165) is 4.88 Å². The number of hydrogen-bond acceptors (Lipinski definition) is 4. The summed E-state index contributed by atoms with van der Waals surface area (Å²) in [6.45, 7) is 2.43. The summed E-state index contributed by atoms with van der Waals surface area (Å²) >= 11 is 1.61. The molecule has 2 amide bonds. The molecular formula is C10H15N3O2S. The molecule has 16 heavy (non-hydrogen) atoms. The Morgan fingerprint density at radius 1 is 1.50 bits per heavy atom. The molecule has 1 heterocycles. The summed E-state index contributed by atoms with van der Waals surface area (Å²) in [5.74, 6) is -0.931. The Balaban J connectivity index is 2.37. The van der Waals surface area contributed by atoms with Crippen molar-refractivity contribution in [2.75, 3.05) is 0 Å². The molecular weight excluding hydrogens is 226 g/mol. The third-order valence-corrected chi connectivity index (χ3v) is 2.99. The molecule has 6 heteroatoms. The third kappa shape index (κ3) is 4.00. The van der Waals surface area contributed by atoms with Crippen molar-refractivity contribution in [2.45, 2.75) is 25.9 Å². The molecule has 0 radical (unpaired) electrons. The second kappa shape index (κ2) is 5.62. The van der Waals surface area contributed by atoms with Crippen molar-refractivity contribution >= 4 is 23.2 Å². The van der Waals surface area contributed by atoms with Crippen LogP contribution in [0.25, 0.3) is 0 Å². The number of rotatable bonds is 5. The molecule has 0 aromatic carbocycles. The molecule has 0 saturated carbocycles. The summed E-state index contributed by atoms with van der Waals surface area (Å²) < 4.78 is 0. The van der Waals surface area contributed by atoms with E-state index in [9.17, 15) is 9.59 Å². The Morgan fingerprint density at radius 2 is 2.19 bits per heavy atom. The van der Waals surface area contributed by atoms with Crippen molar-refractivity contribution in [1.82, 2.24) is 5.32 Å². The molecule has 0 aliphatic rings. The molecule has 0 spiro atoms. The molecule has 0 bridgehead atoms. The molecule has 1 aromatic rings. The lowest BCUT2D eigenvalue weighted by atomic mass is 10.2. The average molecular weight is 241 g/mol. The maximum atomic E-state index is 11.4. The standard InChI is InChI=1S/C10H15N3O2S/c1-6-2-3-7(16-6)5-13-10(15)8(11)4-9(12)14/h2-3,8H,4-5,11H2,1H3,(H2,12,14)(H,13,15). The van der Waals surface area contributed by atoms with Gasteiger partial charge >= 0.3 is 0 Å². The zero-order chi connectivity index (χ0) is 12.1. The van der Waals surface area contributed by atoms with E-state index < -0.39 is 11.9 Å². The quantitative estimate of drug-likeness (QED) is 0.670. The number of thiophene rings is 1. The van der Waals surface area contributed by atoms with Gasteiger partial charge in [0, 0.05) is 9.75 Å². The van der Waals surface area contributed by atoms with Gasteiger partial charge in [-0.05, 0) is 19.1 Å². The zero-order valence-electron chi connectivity index (χ0n) is 9.03. The number of carbonyl (C=O) groups excluding carboxylic acids is 2. The number of nitrogens with one attached hydrogen (secondary N) is 1. The SMILES string of the molecule is Cc1ccc(CNC(=O)C(N)CC(N)=O)s1. The number of aryl methyl sites for hydroxylation is 1. The van der Waals surface area contributed by atoms with Gasteiger partial charge in [-0.1, -0.05) is 0 Å². The first-order chi connectivity index (χ1) is 7.49. The van der Waals surface area contributed by atoms with Gasteiger partial charge in [0.15, 0.2) is 0 Å². The van der Waals surface area contributed by atoms with Crippen LogP contribution in [0.1, 0.15) is 16.2 Å². The fourth-order valence-electron chi connectivity index (χ4n) is 1.19. The molecule has 1 atom stereocenters. The van der Waals surface area contributed by atoms with Gasteiger partial charge in [0.1, 0.15) is 0 Å². The van der Waals surface area contributed by atoms with E-state index in [-0.39, 0.29) is 12.3 Å². The first-order valence-electron chi connectivity index (χ1n) is 4.86. The number of amides is 2. The number of nitrogens with two attached hydrogens (primary N) is 2. The van der Waals surface area contributed by atoms with Gasteiger partial charge in [0.05, 0.1) is 19.0 Å². The minimum atomic E-state index is -0.862. The Labute approximate surface area is 97.8 Å². The van der Waals surface area contributed by atoms with Crippen molar-refractivity contribution in [1.29, 1.82) is 0 Å². The first kappa shape index (κ1) is 12.7. The molecule has 5 nitrogen and oxygen atoms in total. The maximum Gasteiger partial charge on any atom is 0.237 e. The lowest BCUT2D eigenvalue weighted by Gasteiger charge is -2.09. The van der Waals surface area contributed by atoms with Crippen LogP contribution in [0.3, 0.4) is 0 Å². The minimum absolute atomic E-state index is 0.130. The first-order valence-corrected chi connectivity index (χ1v) is 5.67. The predicted molar refractivity (Wildman–Crippen MR) is 62.7 cm³/mol. The fraction of sp³-hybridized carbons (Fsp3) is 0.400. The maximum absolute atomic E-state index is 11.4. The van der Waals surface area contributed by atoms with Gasteiger partial charge in [-0.25, -0.2) is 0 Å². The number of hydrogen-bond donors (Lipinski definition) is 3. The largest absolute Gasteiger partial charge is 0.370 e. The van der Waals surface area contributed by atoms with E-state index in [1.165, 1.54) is 4.88 Å². The fourth-order valence-corrected chi connectivity index (χ4v) is 2.02. The highest BCUT2D eigenvalue weighted by molar-refractivity contribution is 7.11. The van der Waals surface area contributed by atoms with Crippen LogP contribution in [0, 0.1) is 6.92 Å². The van der Waals surface area contributed by atoms with Crippen molar-refractivity contribution in [3.8, 4) is 0 Å². The molecule has 5 N–H and O–H groups in total. The van der Waals surface area contributed by atoms with Crippen LogP contribution < -0.4 is 16.8 Å². The summed E-state index contributed by atoms with van der Waals surface area (Å²) in [4.78, 5) is 24.2. The Bertz CT molecular complexity index is 389. The molecule has 0 saturated heterocycles. The number of primary amides is 1. The lowest BCUT2D eigenvalue weighted by Crippen LogP contribution is -2.42. The van der Waals surface area contributed by atoms with Crippen LogP contribution in [0.15, 0.2) is 12.1 Å². The van der Waals surface area contributed by atoms with Gasteiger partial charge in [0.2, 0.25) is 11.8 Å². The van der Waals surface area contributed by atoms with E-state index >= 15 is 0 Å². The average Bonchev–Trinajstić information content (AvgIpc) is 2.59. The summed E-state index contributed by atoms with van der Waals surface area (Å²) in [7, 11) is 0. The van der Waals surface area contributed by atoms with E-state index in [0.29, 0.717) is 6.54 Å². The molecule has 88 valence electrons. The molecule has 1 aromatic heterocycles. The summed E-state index contributed by atoms with van der Waals surface area (Å²) in [6, 6.07) is 3.06. The highest BCUT2D eigenvalue weighted by atomic mass is 32.1. The highest BCUT2D eigenvalue weighted by Crippen LogP contribution is 2.14. The summed E-state index contributed by atoms with van der Waals surface area (Å²) in [5.41, 5.74) is 10.4. The Hall–Kier alpha value is -1.40. The van der Waals surface area contributed by atoms with Gasteiger partial charge in [-0.15, -0.1) is 11.3 Å². The van der Waals surface area contributed by atoms with E-state index in [4.69, 9.17) is 11.5 Å². The van der Waals surface area contributed by atoms with Crippen LogP contribution >= 0.6 is 11.3 Å². The van der Waals surface area contributed by atoms with Crippen molar-refractivity contribution in [3.05, 3.63) is 21.9 Å². The number of carbonyl (C=O) groups is 2. The minimum Gasteiger partial charge on any atom is -0.370 e. The lowest BCUT2D eigenvalue weighted by molar-refractivity contribution is -0.126. The van der Waals surface area contributed by atoms with Crippen molar-refractivity contribution < 1.29 is 9.59 Å². The predicted octanol–water partition coefficient (Wildman–Crippen LogP) is -0.125. The molecule has 0 fully saturated rings. The molecule has 1 rings (SSSR count). The summed E-state index contributed by atoms with van der Waals surface area (Å²) in [6.07, 6.45) is -0.130. The Morgan fingerprint density at radius 3 is 2.69 bits per heavy atom. The second-order valence-corrected chi connectivity index (χ2v) is 4.88. The second-order valence-electron chi connectivity index (χ2n) is 3.51. The zero-order valence-corrected chi connectivity index (χ0v) is 9.84. The molecule has 0 aliphatic carbocycles. The monoisotopic (exact) mass is 241 g/mol. The van der Waals surface area contributed by atoms with Crippen LogP contribution in [-0.2, 0) is 16.1 Å². The van der Waals surface area contributed by atoms with E-state index in [1.807, 2.05) is 19.1 Å². The summed E-state index contributed by atoms with van der Waals surface area (Å²) in [5, 5.41) is 2.66. The van der Waals surface area contributed by atoms with Crippen molar-refractivity contribution in [3.63, 3.8) is 0 Å². The Kier molecular flexibility index (Phi) is 4.45. The smallest absolute Gasteiger partial charge is 0.237 e. The van der Waals surface area contributed by atoms with Crippen LogP contribution in [-0.4, -0.2) is 17.9 Å². The van der Waals surface area contributed by atoms with Gasteiger partial charge < -0.3 is 16.8 Å². The topological polar surface area (TPSA) is 98.2 Å². The van der Waals surface area contributed by atoms with Crippen LogP contribution in [0.4, 0.5) is 0 Å². The van der Waals surface area contributed by atoms with E-state index in [2.05, 4.69) is 5.32 Å². The van der Waals surface area contributed by atoms with Gasteiger partial charge in [-0.2, -0.15) is 0 Å². The third-order valence-electron chi connectivity index (χ3n) is 1.99. The van der Waals surface area contributed by atoms with Crippen LogP contribution in [0.2, 0.25) is 0 Å². The van der Waals surface area contributed by atoms with Crippen LogP contribution in [0.5, 0.6) is 0 Å². The van der Waals surface area contributed by atoms with Gasteiger partial charge in [-0.3, -0.25) is 9.59 Å². The van der Waals surface area contributed by atoms with Crippen molar-refractivity contribution in [2.24, 2.45) is 11.5 Å². The van der Waals surface area contributed by atoms with Gasteiger partial charge in [0.25, 0.3) is 0 Å².